The molecule has 0 atom stereocenters. The van der Waals surface area contributed by atoms with Crippen LogP contribution in [0.3, 0.4) is 0 Å². The maximum Gasteiger partial charge on any atom is 0.350 e. The molecule has 7 heteroatoms. The van der Waals surface area contributed by atoms with Gasteiger partial charge in [0.05, 0.1) is 5.69 Å². The van der Waals surface area contributed by atoms with Gasteiger partial charge in [0.1, 0.15) is 0 Å². The summed E-state index contributed by atoms with van der Waals surface area (Å²) in [7, 11) is 0. The first-order valence-corrected chi connectivity index (χ1v) is 8.36. The fraction of sp³-hybridized carbons (Fsp3) is 0.214. The molecule has 0 bridgehead atoms. The highest BCUT2D eigenvalue weighted by Gasteiger charge is 2.17. The first-order valence-electron chi connectivity index (χ1n) is 6.49. The number of carbonyl (C=O) groups excluding carboxylic acids is 1. The Hall–Kier alpha value is -1.54. The molecule has 0 spiro atoms. The maximum absolute atomic E-state index is 11.7. The van der Waals surface area contributed by atoms with E-state index >= 15 is 0 Å². The van der Waals surface area contributed by atoms with Crippen molar-refractivity contribution in [2.45, 2.75) is 24.0 Å². The number of anilines is 1. The van der Waals surface area contributed by atoms with Crippen molar-refractivity contribution in [3.63, 3.8) is 0 Å². The second-order valence-electron chi connectivity index (χ2n) is 4.31. The Balaban J connectivity index is 2.29. The van der Waals surface area contributed by atoms with Gasteiger partial charge in [-0.2, -0.15) is 0 Å². The quantitative estimate of drug-likeness (QED) is 0.342. The lowest BCUT2D eigenvalue weighted by Crippen LogP contribution is -2.47. The number of thiophene rings is 1. The molecule has 21 heavy (non-hydrogen) atoms. The molecule has 0 saturated carbocycles. The van der Waals surface area contributed by atoms with Crippen LogP contribution in [0, 0.1) is 0 Å². The fourth-order valence-corrected chi connectivity index (χ4v) is 3.96. The topological polar surface area (TPSA) is 84.4 Å². The van der Waals surface area contributed by atoms with Gasteiger partial charge in [-0.05, 0) is 29.5 Å². The molecule has 5 N–H and O–H groups in total. The van der Waals surface area contributed by atoms with E-state index in [0.29, 0.717) is 5.69 Å². The van der Waals surface area contributed by atoms with Gasteiger partial charge >= 0.3 is 6.03 Å². The van der Waals surface area contributed by atoms with Gasteiger partial charge in [-0.25, -0.2) is 21.5 Å². The van der Waals surface area contributed by atoms with Crippen LogP contribution in [0.15, 0.2) is 40.6 Å². The van der Waals surface area contributed by atoms with Crippen molar-refractivity contribution >= 4 is 34.8 Å². The van der Waals surface area contributed by atoms with Crippen LogP contribution in [-0.2, 0) is 12.2 Å². The molecule has 2 aromatic rings. The number of thioether (sulfide) groups is 1. The van der Waals surface area contributed by atoms with Crippen LogP contribution in [0.1, 0.15) is 17.4 Å². The molecule has 1 aromatic heterocycles. The zero-order chi connectivity index (χ0) is 15.2. The van der Waals surface area contributed by atoms with Gasteiger partial charge in [-0.1, -0.05) is 25.1 Å². The molecular formula is C14H18N4OS2. The van der Waals surface area contributed by atoms with E-state index in [0.717, 1.165) is 27.6 Å². The maximum atomic E-state index is 11.7. The SMILES string of the molecule is CCc1cccc(N(N)C(=O)NN)c1SCc1cccs1. The van der Waals surface area contributed by atoms with Crippen LogP contribution >= 0.6 is 23.1 Å². The number of hydrogen-bond acceptors (Lipinski definition) is 5. The fourth-order valence-electron chi connectivity index (χ4n) is 1.92. The van der Waals surface area contributed by atoms with Gasteiger partial charge in [-0.15, -0.1) is 23.1 Å². The number of rotatable bonds is 5. The third kappa shape index (κ3) is 3.76. The zero-order valence-electron chi connectivity index (χ0n) is 11.7. The van der Waals surface area contributed by atoms with Crippen molar-refractivity contribution < 1.29 is 4.79 Å². The Labute approximate surface area is 132 Å². The highest BCUT2D eigenvalue weighted by Crippen LogP contribution is 2.35. The monoisotopic (exact) mass is 322 g/mol. The Morgan fingerprint density at radius 2 is 2.19 bits per heavy atom. The molecule has 2 amide bonds. The van der Waals surface area contributed by atoms with Crippen LogP contribution < -0.4 is 22.1 Å². The van der Waals surface area contributed by atoms with Crippen molar-refractivity contribution in [1.82, 2.24) is 5.43 Å². The average molecular weight is 322 g/mol. The number of nitrogens with two attached hydrogens (primary N) is 2. The minimum atomic E-state index is -0.541. The van der Waals surface area contributed by atoms with Crippen LogP contribution in [0.5, 0.6) is 0 Å². The summed E-state index contributed by atoms with van der Waals surface area (Å²) in [4.78, 5) is 13.9. The number of carbonyl (C=O) groups is 1. The van der Waals surface area contributed by atoms with E-state index in [2.05, 4.69) is 29.9 Å². The summed E-state index contributed by atoms with van der Waals surface area (Å²) in [6.45, 7) is 2.08. The summed E-state index contributed by atoms with van der Waals surface area (Å²) in [5.41, 5.74) is 3.88. The Morgan fingerprint density at radius 3 is 2.81 bits per heavy atom. The largest absolute Gasteiger partial charge is 0.350 e. The number of nitrogens with zero attached hydrogens (tertiary/aromatic N) is 1. The highest BCUT2D eigenvalue weighted by atomic mass is 32.2. The highest BCUT2D eigenvalue weighted by molar-refractivity contribution is 7.98. The van der Waals surface area contributed by atoms with E-state index < -0.39 is 6.03 Å². The Bertz CT molecular complexity index is 601. The van der Waals surface area contributed by atoms with E-state index in [-0.39, 0.29) is 0 Å². The summed E-state index contributed by atoms with van der Waals surface area (Å²) < 4.78 is 0. The summed E-state index contributed by atoms with van der Waals surface area (Å²) in [6, 6.07) is 9.36. The predicted octanol–water partition coefficient (Wildman–Crippen LogP) is 2.87. The summed E-state index contributed by atoms with van der Waals surface area (Å²) in [5.74, 6) is 11.9. The summed E-state index contributed by atoms with van der Waals surface area (Å²) in [6.07, 6.45) is 0.874. The van der Waals surface area contributed by atoms with Gasteiger partial charge in [0.2, 0.25) is 0 Å². The molecule has 0 aliphatic carbocycles. The Morgan fingerprint density at radius 1 is 1.38 bits per heavy atom. The number of urea groups is 1. The van der Waals surface area contributed by atoms with E-state index in [9.17, 15) is 4.79 Å². The molecule has 0 aliphatic heterocycles. The van der Waals surface area contributed by atoms with E-state index in [1.54, 1.807) is 23.1 Å². The number of amides is 2. The van der Waals surface area contributed by atoms with Gasteiger partial charge in [0, 0.05) is 15.5 Å². The number of aryl methyl sites for hydroxylation is 1. The molecule has 1 heterocycles. The van der Waals surface area contributed by atoms with E-state index in [1.807, 2.05) is 18.2 Å². The lowest BCUT2D eigenvalue weighted by Gasteiger charge is -2.21. The molecular weight excluding hydrogens is 304 g/mol. The summed E-state index contributed by atoms with van der Waals surface area (Å²) >= 11 is 3.40. The normalized spacial score (nSPS) is 10.4. The lowest BCUT2D eigenvalue weighted by atomic mass is 10.1. The standard InChI is InChI=1S/C14H18N4OS2/c1-2-10-5-3-7-12(18(16)14(19)17-15)13(10)21-9-11-6-4-8-20-11/h3-8H,2,9,15-16H2,1H3,(H,17,19). The van der Waals surface area contributed by atoms with Gasteiger partial charge < -0.3 is 0 Å². The smallest absolute Gasteiger partial charge is 0.274 e. The van der Waals surface area contributed by atoms with Gasteiger partial charge in [0.15, 0.2) is 0 Å². The third-order valence-electron chi connectivity index (χ3n) is 3.00. The Kier molecular flexibility index (Phi) is 5.63. The summed E-state index contributed by atoms with van der Waals surface area (Å²) in [5, 5.41) is 3.11. The first-order chi connectivity index (χ1) is 10.2. The van der Waals surface area contributed by atoms with Crippen LogP contribution in [0.2, 0.25) is 0 Å². The predicted molar refractivity (Wildman–Crippen MR) is 89.1 cm³/mol. The van der Waals surface area contributed by atoms with E-state index in [4.69, 9.17) is 11.7 Å². The number of benzene rings is 1. The van der Waals surface area contributed by atoms with Crippen molar-refractivity contribution in [1.29, 1.82) is 0 Å². The molecule has 0 aliphatic rings. The van der Waals surface area contributed by atoms with Crippen molar-refractivity contribution in [2.24, 2.45) is 11.7 Å². The second kappa shape index (κ2) is 7.46. The van der Waals surface area contributed by atoms with Crippen LogP contribution in [-0.4, -0.2) is 6.03 Å². The lowest BCUT2D eigenvalue weighted by molar-refractivity contribution is 0.246. The van der Waals surface area contributed by atoms with Gasteiger partial charge in [0.25, 0.3) is 0 Å². The molecule has 112 valence electrons. The molecule has 0 unspecified atom stereocenters. The molecule has 2 rings (SSSR count). The first kappa shape index (κ1) is 15.8. The second-order valence-corrected chi connectivity index (χ2v) is 6.32. The third-order valence-corrected chi connectivity index (χ3v) is 5.27. The minimum Gasteiger partial charge on any atom is -0.274 e. The van der Waals surface area contributed by atoms with Crippen LogP contribution in [0.25, 0.3) is 0 Å². The minimum absolute atomic E-state index is 0.541. The zero-order valence-corrected chi connectivity index (χ0v) is 13.3. The van der Waals surface area contributed by atoms with Crippen molar-refractivity contribution in [3.05, 3.63) is 46.2 Å². The van der Waals surface area contributed by atoms with Crippen LogP contribution in [0.4, 0.5) is 10.5 Å². The molecule has 5 nitrogen and oxygen atoms in total. The molecule has 0 saturated heterocycles. The number of nitrogens with one attached hydrogen (secondary N) is 1. The molecule has 0 radical (unpaired) electrons. The number of hydrazine groups is 2. The average Bonchev–Trinajstić information content (AvgIpc) is 3.04. The van der Waals surface area contributed by atoms with Crippen molar-refractivity contribution in [2.75, 3.05) is 5.01 Å². The molecule has 0 fully saturated rings. The molecule has 1 aromatic carbocycles. The van der Waals surface area contributed by atoms with Crippen molar-refractivity contribution in [3.8, 4) is 0 Å². The number of hydrogen-bond donors (Lipinski definition) is 3. The van der Waals surface area contributed by atoms with E-state index in [1.165, 1.54) is 4.88 Å². The van der Waals surface area contributed by atoms with Gasteiger partial charge in [-0.3, -0.25) is 5.43 Å².